The third-order valence-electron chi connectivity index (χ3n) is 4.79. The molecule has 3 rings (SSSR count). The van der Waals surface area contributed by atoms with Gasteiger partial charge in [-0.2, -0.15) is 5.26 Å². The van der Waals surface area contributed by atoms with Crippen molar-refractivity contribution < 1.29 is 9.53 Å². The molecule has 0 aliphatic heterocycles. The van der Waals surface area contributed by atoms with Gasteiger partial charge in [0.15, 0.2) is 0 Å². The van der Waals surface area contributed by atoms with Gasteiger partial charge in [0.25, 0.3) is 5.91 Å². The van der Waals surface area contributed by atoms with Crippen molar-refractivity contribution in [2.75, 3.05) is 5.32 Å². The summed E-state index contributed by atoms with van der Waals surface area (Å²) in [5.41, 5.74) is 4.38. The van der Waals surface area contributed by atoms with Crippen LogP contribution in [-0.2, 0) is 11.4 Å². The zero-order chi connectivity index (χ0) is 22.4. The first kappa shape index (κ1) is 22.9. The maximum absolute atomic E-state index is 12.6. The molecule has 0 aromatic heterocycles. The Balaban J connectivity index is 1.72. The zero-order valence-corrected chi connectivity index (χ0v) is 20.0. The summed E-state index contributed by atoms with van der Waals surface area (Å²) in [4.78, 5) is 12.6. The van der Waals surface area contributed by atoms with Crippen LogP contribution in [0.1, 0.15) is 22.3 Å². The van der Waals surface area contributed by atoms with Crippen molar-refractivity contribution in [3.8, 4) is 11.8 Å². The van der Waals surface area contributed by atoms with E-state index in [1.165, 1.54) is 6.08 Å². The molecule has 0 aliphatic carbocycles. The van der Waals surface area contributed by atoms with Gasteiger partial charge in [-0.25, -0.2) is 0 Å². The number of benzene rings is 3. The normalized spacial score (nSPS) is 11.0. The molecule has 1 N–H and O–H groups in total. The van der Waals surface area contributed by atoms with Crippen molar-refractivity contribution in [2.24, 2.45) is 0 Å². The Morgan fingerprint density at radius 2 is 1.90 bits per heavy atom. The number of carbonyl (C=O) groups excluding carboxylic acids is 1. The van der Waals surface area contributed by atoms with E-state index in [2.05, 4.69) is 27.9 Å². The first-order valence-electron chi connectivity index (χ1n) is 9.53. The number of halogens is 2. The zero-order valence-electron chi connectivity index (χ0n) is 17.1. The van der Waals surface area contributed by atoms with Crippen molar-refractivity contribution in [2.45, 2.75) is 20.5 Å². The summed E-state index contributed by atoms with van der Waals surface area (Å²) in [6.07, 6.45) is 1.51. The maximum atomic E-state index is 12.6. The number of nitrogens with zero attached hydrogens (tertiary/aromatic N) is 1. The van der Waals surface area contributed by atoms with Crippen LogP contribution in [-0.4, -0.2) is 5.91 Å². The Labute approximate surface area is 200 Å². The van der Waals surface area contributed by atoms with Crippen molar-refractivity contribution in [3.63, 3.8) is 0 Å². The Kier molecular flexibility index (Phi) is 7.72. The minimum atomic E-state index is -0.466. The van der Waals surface area contributed by atoms with E-state index in [1.807, 2.05) is 62.4 Å². The average Bonchev–Trinajstić information content (AvgIpc) is 2.75. The van der Waals surface area contributed by atoms with Crippen LogP contribution in [0.15, 0.2) is 66.2 Å². The fraction of sp³-hybridized carbons (Fsp3) is 0.120. The van der Waals surface area contributed by atoms with Crippen LogP contribution in [0.4, 0.5) is 5.69 Å². The molecule has 3 aromatic carbocycles. The van der Waals surface area contributed by atoms with Crippen LogP contribution >= 0.6 is 34.2 Å². The van der Waals surface area contributed by atoms with E-state index in [4.69, 9.17) is 16.3 Å². The monoisotopic (exact) mass is 542 g/mol. The molecule has 0 radical (unpaired) electrons. The number of aryl methyl sites for hydroxylation is 1. The van der Waals surface area contributed by atoms with Crippen molar-refractivity contribution in [1.29, 1.82) is 5.26 Å². The molecule has 0 bridgehead atoms. The molecule has 1 amide bonds. The molecule has 0 fully saturated rings. The minimum Gasteiger partial charge on any atom is -0.487 e. The van der Waals surface area contributed by atoms with Gasteiger partial charge in [-0.3, -0.25) is 4.79 Å². The summed E-state index contributed by atoms with van der Waals surface area (Å²) in [6.45, 7) is 4.29. The summed E-state index contributed by atoms with van der Waals surface area (Å²) in [5.74, 6) is 0.0714. The van der Waals surface area contributed by atoms with Crippen LogP contribution in [0.25, 0.3) is 6.08 Å². The highest BCUT2D eigenvalue weighted by Crippen LogP contribution is 2.27. The van der Waals surface area contributed by atoms with Gasteiger partial charge in [0, 0.05) is 9.26 Å². The second kappa shape index (κ2) is 10.5. The van der Waals surface area contributed by atoms with Gasteiger partial charge >= 0.3 is 0 Å². The molecule has 6 heteroatoms. The van der Waals surface area contributed by atoms with Crippen molar-refractivity contribution in [3.05, 3.63) is 97.1 Å². The summed E-state index contributed by atoms with van der Waals surface area (Å²) in [5, 5.41) is 12.7. The summed E-state index contributed by atoms with van der Waals surface area (Å²) in [7, 11) is 0. The van der Waals surface area contributed by atoms with E-state index in [0.717, 1.165) is 20.3 Å². The second-order valence-corrected chi connectivity index (χ2v) is 8.63. The van der Waals surface area contributed by atoms with Crippen LogP contribution in [0.3, 0.4) is 0 Å². The molecule has 3 aromatic rings. The van der Waals surface area contributed by atoms with Crippen LogP contribution in [0, 0.1) is 28.7 Å². The van der Waals surface area contributed by atoms with Gasteiger partial charge in [-0.05, 0) is 95.1 Å². The van der Waals surface area contributed by atoms with E-state index in [1.54, 1.807) is 18.2 Å². The lowest BCUT2D eigenvalue weighted by atomic mass is 10.1. The Hall–Kier alpha value is -2.82. The fourth-order valence-electron chi connectivity index (χ4n) is 2.86. The van der Waals surface area contributed by atoms with E-state index in [-0.39, 0.29) is 5.57 Å². The molecule has 0 atom stereocenters. The van der Waals surface area contributed by atoms with Crippen LogP contribution < -0.4 is 10.1 Å². The molecule has 0 saturated heterocycles. The number of anilines is 1. The smallest absolute Gasteiger partial charge is 0.266 e. The fourth-order valence-corrected chi connectivity index (χ4v) is 3.46. The number of nitrogens with one attached hydrogen (secondary N) is 1. The minimum absolute atomic E-state index is 0.00969. The Morgan fingerprint density at radius 1 is 1.16 bits per heavy atom. The van der Waals surface area contributed by atoms with E-state index < -0.39 is 5.91 Å². The number of hydrogen-bond donors (Lipinski definition) is 1. The van der Waals surface area contributed by atoms with E-state index in [9.17, 15) is 10.1 Å². The summed E-state index contributed by atoms with van der Waals surface area (Å²) < 4.78 is 6.96. The second-order valence-electron chi connectivity index (χ2n) is 6.98. The maximum Gasteiger partial charge on any atom is 0.266 e. The average molecular weight is 543 g/mol. The van der Waals surface area contributed by atoms with Gasteiger partial charge in [0.05, 0.1) is 5.02 Å². The van der Waals surface area contributed by atoms with E-state index >= 15 is 0 Å². The van der Waals surface area contributed by atoms with Crippen LogP contribution in [0.5, 0.6) is 5.75 Å². The highest BCUT2D eigenvalue weighted by atomic mass is 127. The molecule has 156 valence electrons. The molecule has 0 unspecified atom stereocenters. The quantitative estimate of drug-likeness (QED) is 0.215. The molecule has 31 heavy (non-hydrogen) atoms. The number of nitriles is 1. The Morgan fingerprint density at radius 3 is 2.58 bits per heavy atom. The standard InChI is InChI=1S/C25H20ClIN2O2/c1-16-4-3-5-23(17(16)2)29-25(30)20(14-28)12-19-8-11-24(22(26)13-19)31-15-18-6-9-21(27)10-7-18/h3-13H,15H2,1-2H3,(H,29,30)/b20-12+. The molecule has 0 spiro atoms. The largest absolute Gasteiger partial charge is 0.487 e. The first-order valence-corrected chi connectivity index (χ1v) is 11.0. The third-order valence-corrected chi connectivity index (χ3v) is 5.81. The topological polar surface area (TPSA) is 62.1 Å². The molecule has 0 heterocycles. The molecule has 0 aliphatic rings. The molecule has 0 saturated carbocycles. The summed E-state index contributed by atoms with van der Waals surface area (Å²) >= 11 is 8.61. The Bertz CT molecular complexity index is 1180. The van der Waals surface area contributed by atoms with Crippen molar-refractivity contribution in [1.82, 2.24) is 0 Å². The van der Waals surface area contributed by atoms with Gasteiger partial charge in [-0.1, -0.05) is 41.9 Å². The number of carbonyl (C=O) groups is 1. The predicted molar refractivity (Wildman–Crippen MR) is 133 cm³/mol. The molecular weight excluding hydrogens is 523 g/mol. The lowest BCUT2D eigenvalue weighted by Crippen LogP contribution is -2.14. The molecule has 4 nitrogen and oxygen atoms in total. The third kappa shape index (κ3) is 6.09. The van der Waals surface area contributed by atoms with Crippen molar-refractivity contribution >= 4 is 51.9 Å². The predicted octanol–water partition coefficient (Wildman–Crippen LogP) is 6.69. The van der Waals surface area contributed by atoms with Gasteiger partial charge in [-0.15, -0.1) is 0 Å². The SMILES string of the molecule is Cc1cccc(NC(=O)/C(C#N)=C/c2ccc(OCc3ccc(I)cc3)c(Cl)c2)c1C. The number of ether oxygens (including phenoxy) is 1. The number of amides is 1. The van der Waals surface area contributed by atoms with Gasteiger partial charge in [0.1, 0.15) is 24.0 Å². The highest BCUT2D eigenvalue weighted by Gasteiger charge is 2.12. The lowest BCUT2D eigenvalue weighted by molar-refractivity contribution is -0.112. The summed E-state index contributed by atoms with van der Waals surface area (Å²) in [6, 6.07) is 20.8. The van der Waals surface area contributed by atoms with Gasteiger partial charge in [0.2, 0.25) is 0 Å². The highest BCUT2D eigenvalue weighted by molar-refractivity contribution is 14.1. The van der Waals surface area contributed by atoms with Crippen LogP contribution in [0.2, 0.25) is 5.02 Å². The number of rotatable bonds is 6. The molecular formula is C25H20ClIN2O2. The first-order chi connectivity index (χ1) is 14.9. The lowest BCUT2D eigenvalue weighted by Gasteiger charge is -2.10. The van der Waals surface area contributed by atoms with Gasteiger partial charge < -0.3 is 10.1 Å². The number of hydrogen-bond acceptors (Lipinski definition) is 3. The van der Waals surface area contributed by atoms with E-state index in [0.29, 0.717) is 28.6 Å².